The third-order valence-electron chi connectivity index (χ3n) is 2.96. The van der Waals surface area contributed by atoms with Gasteiger partial charge in [-0.25, -0.2) is 14.7 Å². The van der Waals surface area contributed by atoms with Gasteiger partial charge in [0, 0.05) is 0 Å². The van der Waals surface area contributed by atoms with Gasteiger partial charge in [-0.2, -0.15) is 4.98 Å². The standard InChI is InChI=1S/C11H13N5O4/c12-2-1-6-4-16(11(18)20-6)10-13-3-7-9(15-10)14-8(17)5-19-7/h3,6H,1-2,4-5,12H2,(H,13,14,15,17). The van der Waals surface area contributed by atoms with Crippen LogP contribution in [0, 0.1) is 0 Å². The molecule has 9 heteroatoms. The molecule has 1 atom stereocenters. The second-order valence-electron chi connectivity index (χ2n) is 4.41. The largest absolute Gasteiger partial charge is 0.478 e. The highest BCUT2D eigenvalue weighted by Crippen LogP contribution is 2.28. The average molecular weight is 279 g/mol. The van der Waals surface area contributed by atoms with E-state index in [-0.39, 0.29) is 30.4 Å². The van der Waals surface area contributed by atoms with Crippen molar-refractivity contribution in [1.82, 2.24) is 9.97 Å². The number of amides is 2. The van der Waals surface area contributed by atoms with Crippen LogP contribution in [0.4, 0.5) is 16.6 Å². The third kappa shape index (κ3) is 2.23. The molecular formula is C11H13N5O4. The molecule has 0 spiro atoms. The number of carbonyl (C=O) groups is 2. The normalized spacial score (nSPS) is 21.1. The first-order valence-corrected chi connectivity index (χ1v) is 6.15. The lowest BCUT2D eigenvalue weighted by Gasteiger charge is -2.18. The monoisotopic (exact) mass is 279 g/mol. The summed E-state index contributed by atoms with van der Waals surface area (Å²) in [6.07, 6.45) is 1.21. The van der Waals surface area contributed by atoms with Crippen LogP contribution in [0.5, 0.6) is 5.75 Å². The first kappa shape index (κ1) is 12.6. The molecule has 1 aromatic rings. The molecule has 0 bridgehead atoms. The zero-order valence-electron chi connectivity index (χ0n) is 10.5. The van der Waals surface area contributed by atoms with E-state index in [2.05, 4.69) is 15.3 Å². The number of hydrogen-bond acceptors (Lipinski definition) is 7. The fourth-order valence-electron chi connectivity index (χ4n) is 2.02. The maximum Gasteiger partial charge on any atom is 0.417 e. The molecule has 2 amide bonds. The molecule has 0 aliphatic carbocycles. The van der Waals surface area contributed by atoms with E-state index in [0.717, 1.165) is 0 Å². The SMILES string of the molecule is NCCC1CN(c2ncc3c(n2)NC(=O)CO3)C(=O)O1. The Morgan fingerprint density at radius 1 is 1.50 bits per heavy atom. The first-order valence-electron chi connectivity index (χ1n) is 6.15. The Bertz CT molecular complexity index is 564. The summed E-state index contributed by atoms with van der Waals surface area (Å²) in [6.45, 7) is 0.699. The average Bonchev–Trinajstić information content (AvgIpc) is 2.79. The van der Waals surface area contributed by atoms with E-state index in [1.54, 1.807) is 0 Å². The highest BCUT2D eigenvalue weighted by atomic mass is 16.6. The van der Waals surface area contributed by atoms with Gasteiger partial charge in [-0.15, -0.1) is 0 Å². The van der Waals surface area contributed by atoms with Gasteiger partial charge < -0.3 is 20.5 Å². The Balaban J connectivity index is 1.82. The summed E-state index contributed by atoms with van der Waals surface area (Å²) in [4.78, 5) is 32.5. The van der Waals surface area contributed by atoms with Crippen LogP contribution in [0.3, 0.4) is 0 Å². The van der Waals surface area contributed by atoms with Gasteiger partial charge in [0.1, 0.15) is 6.10 Å². The number of anilines is 2. The second kappa shape index (κ2) is 4.93. The van der Waals surface area contributed by atoms with Crippen molar-refractivity contribution in [1.29, 1.82) is 0 Å². The quantitative estimate of drug-likeness (QED) is 0.763. The predicted molar refractivity (Wildman–Crippen MR) is 67.4 cm³/mol. The number of nitrogens with two attached hydrogens (primary N) is 1. The van der Waals surface area contributed by atoms with Crippen molar-refractivity contribution in [2.75, 3.05) is 29.9 Å². The number of ether oxygens (including phenoxy) is 2. The van der Waals surface area contributed by atoms with Crippen LogP contribution in [-0.2, 0) is 9.53 Å². The lowest BCUT2D eigenvalue weighted by Crippen LogP contribution is -2.30. The summed E-state index contributed by atoms with van der Waals surface area (Å²) in [6, 6.07) is 0. The van der Waals surface area contributed by atoms with Gasteiger partial charge in [0.05, 0.1) is 12.7 Å². The lowest BCUT2D eigenvalue weighted by atomic mass is 10.2. The van der Waals surface area contributed by atoms with Crippen molar-refractivity contribution < 1.29 is 19.1 Å². The number of fused-ring (bicyclic) bond motifs is 1. The summed E-state index contributed by atoms with van der Waals surface area (Å²) in [5.74, 6) is 0.493. The Hall–Kier alpha value is -2.42. The van der Waals surface area contributed by atoms with E-state index in [0.29, 0.717) is 25.3 Å². The molecule has 1 unspecified atom stereocenters. The summed E-state index contributed by atoms with van der Waals surface area (Å²) >= 11 is 0. The molecule has 0 aromatic carbocycles. The van der Waals surface area contributed by atoms with Crippen molar-refractivity contribution in [3.63, 3.8) is 0 Å². The molecule has 1 aromatic heterocycles. The second-order valence-corrected chi connectivity index (χ2v) is 4.41. The topological polar surface area (TPSA) is 120 Å². The van der Waals surface area contributed by atoms with Gasteiger partial charge in [0.2, 0.25) is 5.95 Å². The van der Waals surface area contributed by atoms with E-state index in [9.17, 15) is 9.59 Å². The van der Waals surface area contributed by atoms with Gasteiger partial charge in [0.25, 0.3) is 5.91 Å². The Morgan fingerprint density at radius 3 is 3.15 bits per heavy atom. The molecule has 9 nitrogen and oxygen atoms in total. The number of nitrogens with zero attached hydrogens (tertiary/aromatic N) is 3. The number of carbonyl (C=O) groups excluding carboxylic acids is 2. The van der Waals surface area contributed by atoms with Gasteiger partial charge in [0.15, 0.2) is 18.2 Å². The van der Waals surface area contributed by atoms with Gasteiger partial charge in [-0.1, -0.05) is 0 Å². The summed E-state index contributed by atoms with van der Waals surface area (Å²) in [7, 11) is 0. The lowest BCUT2D eigenvalue weighted by molar-refractivity contribution is -0.118. The number of cyclic esters (lactones) is 1. The highest BCUT2D eigenvalue weighted by Gasteiger charge is 2.34. The molecule has 1 saturated heterocycles. The fraction of sp³-hybridized carbons (Fsp3) is 0.455. The number of rotatable bonds is 3. The van der Waals surface area contributed by atoms with Crippen molar-refractivity contribution in [2.24, 2.45) is 5.73 Å². The van der Waals surface area contributed by atoms with Crippen molar-refractivity contribution in [2.45, 2.75) is 12.5 Å². The van der Waals surface area contributed by atoms with Crippen LogP contribution in [-0.4, -0.2) is 47.8 Å². The van der Waals surface area contributed by atoms with Crippen LogP contribution >= 0.6 is 0 Å². The van der Waals surface area contributed by atoms with E-state index in [4.69, 9.17) is 15.2 Å². The van der Waals surface area contributed by atoms with Crippen LogP contribution in [0.15, 0.2) is 6.20 Å². The third-order valence-corrected chi connectivity index (χ3v) is 2.96. The molecule has 2 aliphatic rings. The summed E-state index contributed by atoms with van der Waals surface area (Å²) in [5.41, 5.74) is 5.44. The van der Waals surface area contributed by atoms with Gasteiger partial charge in [-0.05, 0) is 13.0 Å². The smallest absolute Gasteiger partial charge is 0.417 e. The molecule has 0 saturated carbocycles. The molecule has 106 valence electrons. The molecule has 2 aliphatic heterocycles. The molecular weight excluding hydrogens is 266 g/mol. The number of hydrogen-bond donors (Lipinski definition) is 2. The molecule has 3 heterocycles. The minimum absolute atomic E-state index is 0.0694. The molecule has 3 N–H and O–H groups in total. The van der Waals surface area contributed by atoms with E-state index in [1.165, 1.54) is 11.1 Å². The summed E-state index contributed by atoms with van der Waals surface area (Å²) in [5, 5.41) is 2.56. The zero-order valence-corrected chi connectivity index (χ0v) is 10.5. The van der Waals surface area contributed by atoms with Crippen molar-refractivity contribution >= 4 is 23.8 Å². The Labute approximate surface area is 114 Å². The van der Waals surface area contributed by atoms with Crippen LogP contribution in [0.25, 0.3) is 0 Å². The van der Waals surface area contributed by atoms with Gasteiger partial charge >= 0.3 is 6.09 Å². The van der Waals surface area contributed by atoms with Crippen LogP contribution in [0.2, 0.25) is 0 Å². The molecule has 3 rings (SSSR count). The Morgan fingerprint density at radius 2 is 2.35 bits per heavy atom. The molecule has 1 fully saturated rings. The Kier molecular flexibility index (Phi) is 3.11. The maximum atomic E-state index is 11.8. The zero-order chi connectivity index (χ0) is 14.1. The number of aromatic nitrogens is 2. The van der Waals surface area contributed by atoms with Crippen molar-refractivity contribution in [3.05, 3.63) is 6.20 Å². The first-order chi connectivity index (χ1) is 9.67. The van der Waals surface area contributed by atoms with Crippen LogP contribution < -0.4 is 20.7 Å². The highest BCUT2D eigenvalue weighted by molar-refractivity contribution is 5.94. The van der Waals surface area contributed by atoms with Gasteiger partial charge in [-0.3, -0.25) is 4.79 Å². The van der Waals surface area contributed by atoms with E-state index in [1.807, 2.05) is 0 Å². The maximum absolute atomic E-state index is 11.8. The molecule has 20 heavy (non-hydrogen) atoms. The minimum Gasteiger partial charge on any atom is -0.478 e. The molecule has 0 radical (unpaired) electrons. The van der Waals surface area contributed by atoms with E-state index < -0.39 is 6.09 Å². The summed E-state index contributed by atoms with van der Waals surface area (Å²) < 4.78 is 10.3. The fourth-order valence-corrected chi connectivity index (χ4v) is 2.02. The number of nitrogens with one attached hydrogen (secondary N) is 1. The van der Waals surface area contributed by atoms with Crippen LogP contribution in [0.1, 0.15) is 6.42 Å². The van der Waals surface area contributed by atoms with E-state index >= 15 is 0 Å². The predicted octanol–water partition coefficient (Wildman–Crippen LogP) is -0.519. The van der Waals surface area contributed by atoms with Crippen molar-refractivity contribution in [3.8, 4) is 5.75 Å². The minimum atomic E-state index is -0.522.